The van der Waals surface area contributed by atoms with E-state index in [2.05, 4.69) is 16.0 Å². The van der Waals surface area contributed by atoms with Crippen molar-refractivity contribution in [3.8, 4) is 0 Å². The van der Waals surface area contributed by atoms with E-state index in [1.165, 1.54) is 4.90 Å². The maximum Gasteiger partial charge on any atom is 0.262 e. The SMILES string of the molecule is CC(C)(C)N1C(=O)c2ccc(C(=O)N3CC=C(c4c[nH]c5cccnc45)CC3)cc2C1=O. The van der Waals surface area contributed by atoms with Gasteiger partial charge in [0.25, 0.3) is 17.7 Å². The predicted octanol–water partition coefficient (Wildman–Crippen LogP) is 3.89. The van der Waals surface area contributed by atoms with E-state index in [0.29, 0.717) is 29.8 Å². The molecule has 0 saturated heterocycles. The Morgan fingerprint density at radius 2 is 1.84 bits per heavy atom. The molecule has 2 aliphatic heterocycles. The summed E-state index contributed by atoms with van der Waals surface area (Å²) in [7, 11) is 0. The number of imide groups is 1. The Morgan fingerprint density at radius 3 is 2.56 bits per heavy atom. The van der Waals surface area contributed by atoms with Crippen LogP contribution in [0.15, 0.2) is 48.8 Å². The topological polar surface area (TPSA) is 86.4 Å². The minimum atomic E-state index is -0.622. The van der Waals surface area contributed by atoms with E-state index in [-0.39, 0.29) is 17.7 Å². The number of amides is 3. The van der Waals surface area contributed by atoms with Crippen LogP contribution in [-0.2, 0) is 0 Å². The number of aromatic amines is 1. The fourth-order valence-electron chi connectivity index (χ4n) is 4.46. The van der Waals surface area contributed by atoms with Crippen molar-refractivity contribution in [1.82, 2.24) is 19.8 Å². The molecule has 3 amide bonds. The van der Waals surface area contributed by atoms with Crippen LogP contribution in [0.2, 0.25) is 0 Å². The largest absolute Gasteiger partial charge is 0.359 e. The number of pyridine rings is 1. The number of carbonyl (C=O) groups excluding carboxylic acids is 3. The van der Waals surface area contributed by atoms with Gasteiger partial charge in [-0.1, -0.05) is 6.08 Å². The summed E-state index contributed by atoms with van der Waals surface area (Å²) in [6.45, 7) is 6.51. The highest BCUT2D eigenvalue weighted by molar-refractivity contribution is 6.22. The van der Waals surface area contributed by atoms with Gasteiger partial charge in [-0.3, -0.25) is 24.3 Å². The van der Waals surface area contributed by atoms with E-state index in [0.717, 1.165) is 28.6 Å². The molecule has 0 bridgehead atoms. The summed E-state index contributed by atoms with van der Waals surface area (Å²) < 4.78 is 0. The zero-order valence-corrected chi connectivity index (χ0v) is 18.3. The molecule has 3 aromatic rings. The number of hydrogen-bond donors (Lipinski definition) is 1. The predicted molar refractivity (Wildman–Crippen MR) is 121 cm³/mol. The van der Waals surface area contributed by atoms with Crippen molar-refractivity contribution in [2.24, 2.45) is 0 Å². The average molecular weight is 428 g/mol. The van der Waals surface area contributed by atoms with Gasteiger partial charge in [-0.15, -0.1) is 0 Å². The fraction of sp³-hybridized carbons (Fsp3) is 0.280. The molecule has 0 fully saturated rings. The molecule has 0 radical (unpaired) electrons. The Morgan fingerprint density at radius 1 is 1.06 bits per heavy atom. The molecule has 0 unspecified atom stereocenters. The second kappa shape index (κ2) is 7.15. The quantitative estimate of drug-likeness (QED) is 0.628. The van der Waals surface area contributed by atoms with Gasteiger partial charge in [0.05, 0.1) is 22.2 Å². The van der Waals surface area contributed by atoms with Crippen molar-refractivity contribution in [3.05, 3.63) is 71.1 Å². The number of nitrogens with zero attached hydrogens (tertiary/aromatic N) is 3. The highest BCUT2D eigenvalue weighted by Gasteiger charge is 2.42. The molecule has 4 heterocycles. The lowest BCUT2D eigenvalue weighted by Crippen LogP contribution is -2.45. The summed E-state index contributed by atoms with van der Waals surface area (Å²) in [4.78, 5) is 49.4. The van der Waals surface area contributed by atoms with Gasteiger partial charge in [-0.25, -0.2) is 0 Å². The molecule has 0 spiro atoms. The molecule has 0 atom stereocenters. The van der Waals surface area contributed by atoms with Crippen LogP contribution in [0.4, 0.5) is 0 Å². The zero-order valence-electron chi connectivity index (χ0n) is 18.3. The lowest BCUT2D eigenvalue weighted by atomic mass is 9.99. The van der Waals surface area contributed by atoms with E-state index >= 15 is 0 Å². The lowest BCUT2D eigenvalue weighted by Gasteiger charge is -2.29. The highest BCUT2D eigenvalue weighted by Crippen LogP contribution is 2.31. The Hall–Kier alpha value is -3.74. The number of hydrogen-bond acceptors (Lipinski definition) is 4. The van der Waals surface area contributed by atoms with Crippen LogP contribution in [0.25, 0.3) is 16.6 Å². The molecular formula is C25H24N4O3. The number of benzene rings is 1. The molecule has 2 aromatic heterocycles. The van der Waals surface area contributed by atoms with Crippen molar-refractivity contribution in [1.29, 1.82) is 0 Å². The second-order valence-electron chi connectivity index (χ2n) is 9.21. The van der Waals surface area contributed by atoms with Crippen LogP contribution >= 0.6 is 0 Å². The third-order valence-electron chi connectivity index (χ3n) is 6.08. The highest BCUT2D eigenvalue weighted by atomic mass is 16.2. The smallest absolute Gasteiger partial charge is 0.262 e. The monoisotopic (exact) mass is 428 g/mol. The molecule has 0 aliphatic carbocycles. The Labute approximate surface area is 185 Å². The minimum Gasteiger partial charge on any atom is -0.359 e. The first-order valence-electron chi connectivity index (χ1n) is 10.7. The molecule has 2 aliphatic rings. The fourth-order valence-corrected chi connectivity index (χ4v) is 4.46. The summed E-state index contributed by atoms with van der Waals surface area (Å²) in [5.74, 6) is -0.802. The molecule has 0 saturated carbocycles. The molecule has 162 valence electrons. The maximum absolute atomic E-state index is 13.1. The summed E-state index contributed by atoms with van der Waals surface area (Å²) in [5.41, 5.74) is 4.61. The molecular weight excluding hydrogens is 404 g/mol. The minimum absolute atomic E-state index is 0.144. The maximum atomic E-state index is 13.1. The molecule has 7 heteroatoms. The molecule has 7 nitrogen and oxygen atoms in total. The van der Waals surface area contributed by atoms with Crippen LogP contribution in [0.5, 0.6) is 0 Å². The molecule has 1 aromatic carbocycles. The third-order valence-corrected chi connectivity index (χ3v) is 6.08. The first-order chi connectivity index (χ1) is 15.3. The number of fused-ring (bicyclic) bond motifs is 2. The molecule has 5 rings (SSSR count). The van der Waals surface area contributed by atoms with Gasteiger partial charge in [0.1, 0.15) is 0 Å². The van der Waals surface area contributed by atoms with Gasteiger partial charge in [0, 0.05) is 42.1 Å². The van der Waals surface area contributed by atoms with E-state index in [9.17, 15) is 14.4 Å². The van der Waals surface area contributed by atoms with E-state index in [1.807, 2.05) is 39.1 Å². The van der Waals surface area contributed by atoms with Gasteiger partial charge in [0.2, 0.25) is 0 Å². The first kappa shape index (κ1) is 20.2. The third kappa shape index (κ3) is 3.12. The Kier molecular flexibility index (Phi) is 4.51. The Bertz CT molecular complexity index is 1310. The summed E-state index contributed by atoms with van der Waals surface area (Å²) in [5, 5.41) is 0. The van der Waals surface area contributed by atoms with Gasteiger partial charge in [-0.05, 0) is 63.1 Å². The van der Waals surface area contributed by atoms with Gasteiger partial charge in [0.15, 0.2) is 0 Å². The van der Waals surface area contributed by atoms with Crippen LogP contribution < -0.4 is 0 Å². The van der Waals surface area contributed by atoms with Crippen molar-refractivity contribution in [3.63, 3.8) is 0 Å². The second-order valence-corrected chi connectivity index (χ2v) is 9.21. The number of H-pyrrole nitrogens is 1. The summed E-state index contributed by atoms with van der Waals surface area (Å²) >= 11 is 0. The van der Waals surface area contributed by atoms with E-state index < -0.39 is 5.54 Å². The van der Waals surface area contributed by atoms with Crippen molar-refractivity contribution >= 4 is 34.3 Å². The van der Waals surface area contributed by atoms with Crippen LogP contribution in [-0.4, -0.2) is 56.1 Å². The summed E-state index contributed by atoms with van der Waals surface area (Å²) in [6, 6.07) is 8.69. The normalized spacial score (nSPS) is 16.5. The van der Waals surface area contributed by atoms with Gasteiger partial charge < -0.3 is 9.88 Å². The van der Waals surface area contributed by atoms with Crippen molar-refractivity contribution in [2.75, 3.05) is 13.1 Å². The number of carbonyl (C=O) groups is 3. The van der Waals surface area contributed by atoms with Crippen molar-refractivity contribution < 1.29 is 14.4 Å². The van der Waals surface area contributed by atoms with Gasteiger partial charge in [-0.2, -0.15) is 0 Å². The lowest BCUT2D eigenvalue weighted by molar-refractivity contribution is 0.0507. The van der Waals surface area contributed by atoms with E-state index in [1.54, 1.807) is 29.3 Å². The molecule has 32 heavy (non-hydrogen) atoms. The Balaban J connectivity index is 1.37. The van der Waals surface area contributed by atoms with Crippen LogP contribution in [0.3, 0.4) is 0 Å². The summed E-state index contributed by atoms with van der Waals surface area (Å²) in [6.07, 6.45) is 6.52. The van der Waals surface area contributed by atoms with E-state index in [4.69, 9.17) is 0 Å². The van der Waals surface area contributed by atoms with Crippen LogP contribution in [0.1, 0.15) is 63.8 Å². The zero-order chi connectivity index (χ0) is 22.6. The first-order valence-corrected chi connectivity index (χ1v) is 10.7. The average Bonchev–Trinajstić information content (AvgIpc) is 3.32. The molecule has 1 N–H and O–H groups in total. The van der Waals surface area contributed by atoms with Gasteiger partial charge >= 0.3 is 0 Å². The van der Waals surface area contributed by atoms with Crippen LogP contribution in [0, 0.1) is 0 Å². The number of aromatic nitrogens is 2. The van der Waals surface area contributed by atoms with Crippen molar-refractivity contribution in [2.45, 2.75) is 32.7 Å². The number of rotatable bonds is 2. The number of nitrogens with one attached hydrogen (secondary N) is 1. The standard InChI is InChI=1S/C25H24N4O3/c1-25(2,3)29-23(31)17-7-6-16(13-18(17)24(29)32)22(30)28-11-8-15(9-12-28)19-14-27-20-5-4-10-26-21(19)20/h4-8,10,13-14,27H,9,11-12H2,1-3H3.